The number of hydrazine groups is 1. The molecule has 1 unspecified atom stereocenters. The highest BCUT2D eigenvalue weighted by atomic mass is 79.9. The van der Waals surface area contributed by atoms with Crippen LogP contribution in [0.4, 0.5) is 0 Å². The molecule has 0 aromatic heterocycles. The van der Waals surface area contributed by atoms with Crippen molar-refractivity contribution in [3.8, 4) is 0 Å². The van der Waals surface area contributed by atoms with Crippen molar-refractivity contribution >= 4 is 15.9 Å². The number of nitrogens with one attached hydrogen (secondary N) is 1. The molecule has 0 bridgehead atoms. The molecular weight excluding hydrogens is 264 g/mol. The van der Waals surface area contributed by atoms with Crippen LogP contribution in [0.25, 0.3) is 0 Å². The van der Waals surface area contributed by atoms with E-state index in [9.17, 15) is 0 Å². The van der Waals surface area contributed by atoms with Crippen LogP contribution < -0.4 is 11.3 Å². The molecule has 1 atom stereocenters. The molecule has 16 heavy (non-hydrogen) atoms. The summed E-state index contributed by atoms with van der Waals surface area (Å²) in [4.78, 5) is 0. The summed E-state index contributed by atoms with van der Waals surface area (Å²) < 4.78 is 1.15. The van der Waals surface area contributed by atoms with Crippen LogP contribution in [0, 0.1) is 5.92 Å². The summed E-state index contributed by atoms with van der Waals surface area (Å²) in [5.74, 6) is 6.52. The molecule has 1 saturated carbocycles. The first-order chi connectivity index (χ1) is 7.81. The van der Waals surface area contributed by atoms with Crippen molar-refractivity contribution in [2.45, 2.75) is 38.1 Å². The maximum Gasteiger partial charge on any atom is 0.0473 e. The van der Waals surface area contributed by atoms with E-state index in [4.69, 9.17) is 5.84 Å². The Morgan fingerprint density at radius 2 is 2.00 bits per heavy atom. The van der Waals surface area contributed by atoms with E-state index in [-0.39, 0.29) is 6.04 Å². The van der Waals surface area contributed by atoms with Gasteiger partial charge in [-0.15, -0.1) is 0 Å². The van der Waals surface area contributed by atoms with Gasteiger partial charge in [-0.3, -0.25) is 11.3 Å². The predicted octanol–water partition coefficient (Wildman–Crippen LogP) is 3.53. The molecular formula is C13H19BrN2. The SMILES string of the molecule is NNC(CC1CCCC1)c1ccccc1Br. The van der Waals surface area contributed by atoms with Crippen molar-refractivity contribution in [3.05, 3.63) is 34.3 Å². The molecule has 0 radical (unpaired) electrons. The van der Waals surface area contributed by atoms with E-state index in [1.165, 1.54) is 31.2 Å². The molecule has 0 saturated heterocycles. The average molecular weight is 283 g/mol. The van der Waals surface area contributed by atoms with Gasteiger partial charge < -0.3 is 0 Å². The first-order valence-electron chi connectivity index (χ1n) is 6.02. The van der Waals surface area contributed by atoms with E-state index in [1.54, 1.807) is 0 Å². The Kier molecular flexibility index (Phi) is 4.38. The lowest BCUT2D eigenvalue weighted by Crippen LogP contribution is -2.29. The quantitative estimate of drug-likeness (QED) is 0.655. The van der Waals surface area contributed by atoms with Gasteiger partial charge in [-0.05, 0) is 24.0 Å². The van der Waals surface area contributed by atoms with Crippen molar-refractivity contribution in [1.29, 1.82) is 0 Å². The standard InChI is InChI=1S/C13H19BrN2/c14-12-8-4-3-7-11(12)13(16-15)9-10-5-1-2-6-10/h3-4,7-8,10,13,16H,1-2,5-6,9,15H2. The van der Waals surface area contributed by atoms with Crippen molar-refractivity contribution in [2.24, 2.45) is 11.8 Å². The zero-order chi connectivity index (χ0) is 11.4. The van der Waals surface area contributed by atoms with Crippen LogP contribution in [-0.2, 0) is 0 Å². The second kappa shape index (κ2) is 5.80. The van der Waals surface area contributed by atoms with Gasteiger partial charge in [0.05, 0.1) is 0 Å². The summed E-state index contributed by atoms with van der Waals surface area (Å²) in [5, 5.41) is 0. The number of benzene rings is 1. The molecule has 0 heterocycles. The highest BCUT2D eigenvalue weighted by Crippen LogP contribution is 2.34. The van der Waals surface area contributed by atoms with Gasteiger partial charge in [0.25, 0.3) is 0 Å². The molecule has 0 spiro atoms. The lowest BCUT2D eigenvalue weighted by Gasteiger charge is -2.21. The fraction of sp³-hybridized carbons (Fsp3) is 0.538. The van der Waals surface area contributed by atoms with Gasteiger partial charge >= 0.3 is 0 Å². The van der Waals surface area contributed by atoms with Crippen LogP contribution in [0.3, 0.4) is 0 Å². The van der Waals surface area contributed by atoms with Crippen LogP contribution in [-0.4, -0.2) is 0 Å². The lowest BCUT2D eigenvalue weighted by atomic mass is 9.94. The van der Waals surface area contributed by atoms with Gasteiger partial charge in [-0.1, -0.05) is 59.8 Å². The van der Waals surface area contributed by atoms with Crippen molar-refractivity contribution in [2.75, 3.05) is 0 Å². The van der Waals surface area contributed by atoms with Crippen LogP contribution in [0.5, 0.6) is 0 Å². The Labute approximate surface area is 106 Å². The fourth-order valence-corrected chi connectivity index (χ4v) is 3.18. The maximum atomic E-state index is 5.68. The summed E-state index contributed by atoms with van der Waals surface area (Å²) in [6.07, 6.45) is 6.65. The molecule has 1 aliphatic rings. The van der Waals surface area contributed by atoms with Crippen molar-refractivity contribution < 1.29 is 0 Å². The maximum absolute atomic E-state index is 5.68. The molecule has 0 aliphatic heterocycles. The third kappa shape index (κ3) is 2.84. The van der Waals surface area contributed by atoms with Gasteiger partial charge in [0.1, 0.15) is 0 Å². The minimum atomic E-state index is 0.277. The number of rotatable bonds is 4. The average Bonchev–Trinajstić information content (AvgIpc) is 2.80. The molecule has 88 valence electrons. The summed E-state index contributed by atoms with van der Waals surface area (Å²) in [7, 11) is 0. The molecule has 1 aromatic carbocycles. The predicted molar refractivity (Wildman–Crippen MR) is 70.8 cm³/mol. The Bertz CT molecular complexity index is 334. The fourth-order valence-electron chi connectivity index (χ4n) is 2.62. The molecule has 2 rings (SSSR count). The Balaban J connectivity index is 2.06. The molecule has 1 fully saturated rings. The number of hydrogen-bond donors (Lipinski definition) is 2. The summed E-state index contributed by atoms with van der Waals surface area (Å²) in [5.41, 5.74) is 4.23. The largest absolute Gasteiger partial charge is 0.271 e. The normalized spacial score (nSPS) is 18.9. The smallest absolute Gasteiger partial charge is 0.0473 e. The van der Waals surface area contributed by atoms with Gasteiger partial charge in [-0.25, -0.2) is 0 Å². The molecule has 1 aromatic rings. The third-order valence-electron chi connectivity index (χ3n) is 3.53. The van der Waals surface area contributed by atoms with E-state index < -0.39 is 0 Å². The first-order valence-corrected chi connectivity index (χ1v) is 6.81. The second-order valence-corrected chi connectivity index (χ2v) is 5.48. The van der Waals surface area contributed by atoms with Crippen LogP contribution >= 0.6 is 15.9 Å². The van der Waals surface area contributed by atoms with E-state index in [0.717, 1.165) is 16.8 Å². The van der Waals surface area contributed by atoms with Crippen LogP contribution in [0.2, 0.25) is 0 Å². The minimum absolute atomic E-state index is 0.277. The Morgan fingerprint density at radius 3 is 2.62 bits per heavy atom. The van der Waals surface area contributed by atoms with Gasteiger partial charge in [0.2, 0.25) is 0 Å². The highest BCUT2D eigenvalue weighted by molar-refractivity contribution is 9.10. The number of nitrogens with two attached hydrogens (primary N) is 1. The third-order valence-corrected chi connectivity index (χ3v) is 4.25. The lowest BCUT2D eigenvalue weighted by molar-refractivity contribution is 0.399. The molecule has 1 aliphatic carbocycles. The first kappa shape index (κ1) is 12.1. The van der Waals surface area contributed by atoms with Crippen molar-refractivity contribution in [3.63, 3.8) is 0 Å². The van der Waals surface area contributed by atoms with E-state index in [2.05, 4.69) is 39.6 Å². The molecule has 2 nitrogen and oxygen atoms in total. The summed E-state index contributed by atoms with van der Waals surface area (Å²) in [6.45, 7) is 0. The number of halogens is 1. The Hall–Kier alpha value is -0.380. The Morgan fingerprint density at radius 1 is 1.31 bits per heavy atom. The molecule has 0 amide bonds. The van der Waals surface area contributed by atoms with Gasteiger partial charge in [-0.2, -0.15) is 0 Å². The van der Waals surface area contributed by atoms with E-state index >= 15 is 0 Å². The number of hydrogen-bond acceptors (Lipinski definition) is 2. The van der Waals surface area contributed by atoms with Crippen LogP contribution in [0.15, 0.2) is 28.7 Å². The van der Waals surface area contributed by atoms with Crippen LogP contribution in [0.1, 0.15) is 43.7 Å². The summed E-state index contributed by atoms with van der Waals surface area (Å²) >= 11 is 3.59. The summed E-state index contributed by atoms with van der Waals surface area (Å²) in [6, 6.07) is 8.60. The van der Waals surface area contributed by atoms with E-state index in [0.29, 0.717) is 0 Å². The van der Waals surface area contributed by atoms with Gasteiger partial charge in [0.15, 0.2) is 0 Å². The second-order valence-electron chi connectivity index (χ2n) is 4.63. The van der Waals surface area contributed by atoms with Crippen molar-refractivity contribution in [1.82, 2.24) is 5.43 Å². The highest BCUT2D eigenvalue weighted by Gasteiger charge is 2.21. The zero-order valence-electron chi connectivity index (χ0n) is 9.45. The molecule has 3 N–H and O–H groups in total. The zero-order valence-corrected chi connectivity index (χ0v) is 11.0. The topological polar surface area (TPSA) is 38.0 Å². The van der Waals surface area contributed by atoms with Gasteiger partial charge in [0, 0.05) is 10.5 Å². The monoisotopic (exact) mass is 282 g/mol. The molecule has 3 heteroatoms. The van der Waals surface area contributed by atoms with E-state index in [1.807, 2.05) is 6.07 Å². The minimum Gasteiger partial charge on any atom is -0.271 e.